The molecule has 1 saturated heterocycles. The van der Waals surface area contributed by atoms with E-state index in [-0.39, 0.29) is 17.9 Å². The SMILES string of the molecule is CCNc1cnccc1C(=O)NCC1CCC(=O)N1. The van der Waals surface area contributed by atoms with E-state index in [1.165, 1.54) is 0 Å². The van der Waals surface area contributed by atoms with Crippen LogP contribution in [-0.4, -0.2) is 35.9 Å². The second kappa shape index (κ2) is 6.17. The monoisotopic (exact) mass is 262 g/mol. The van der Waals surface area contributed by atoms with E-state index < -0.39 is 0 Å². The van der Waals surface area contributed by atoms with Crippen molar-refractivity contribution >= 4 is 17.5 Å². The zero-order chi connectivity index (χ0) is 13.7. The molecule has 6 heteroatoms. The summed E-state index contributed by atoms with van der Waals surface area (Å²) in [5, 5.41) is 8.76. The summed E-state index contributed by atoms with van der Waals surface area (Å²) in [6.45, 7) is 3.14. The van der Waals surface area contributed by atoms with Gasteiger partial charge in [-0.3, -0.25) is 14.6 Å². The van der Waals surface area contributed by atoms with Crippen molar-refractivity contribution in [3.05, 3.63) is 24.0 Å². The number of amides is 2. The second-order valence-electron chi connectivity index (χ2n) is 4.46. The number of hydrogen-bond donors (Lipinski definition) is 3. The standard InChI is InChI=1S/C13H18N4O2/c1-2-15-11-8-14-6-5-10(11)13(19)16-7-9-3-4-12(18)17-9/h5-6,8-9,15H,2-4,7H2,1H3,(H,16,19)(H,17,18). The van der Waals surface area contributed by atoms with Crippen LogP contribution in [0.15, 0.2) is 18.5 Å². The van der Waals surface area contributed by atoms with Crippen molar-refractivity contribution in [2.24, 2.45) is 0 Å². The summed E-state index contributed by atoms with van der Waals surface area (Å²) >= 11 is 0. The molecule has 1 atom stereocenters. The molecule has 2 amide bonds. The lowest BCUT2D eigenvalue weighted by Crippen LogP contribution is -2.38. The van der Waals surface area contributed by atoms with Crippen molar-refractivity contribution < 1.29 is 9.59 Å². The molecule has 0 spiro atoms. The van der Waals surface area contributed by atoms with Gasteiger partial charge in [-0.15, -0.1) is 0 Å². The topological polar surface area (TPSA) is 83.1 Å². The van der Waals surface area contributed by atoms with Crippen LogP contribution in [-0.2, 0) is 4.79 Å². The maximum absolute atomic E-state index is 12.1. The van der Waals surface area contributed by atoms with Crippen molar-refractivity contribution in [3.63, 3.8) is 0 Å². The van der Waals surface area contributed by atoms with Crippen LogP contribution in [0.5, 0.6) is 0 Å². The van der Waals surface area contributed by atoms with E-state index >= 15 is 0 Å². The number of carbonyl (C=O) groups excluding carboxylic acids is 2. The van der Waals surface area contributed by atoms with Gasteiger partial charge in [-0.05, 0) is 19.4 Å². The number of nitrogens with one attached hydrogen (secondary N) is 3. The van der Waals surface area contributed by atoms with E-state index in [1.807, 2.05) is 6.92 Å². The third-order valence-corrected chi connectivity index (χ3v) is 3.03. The fourth-order valence-corrected chi connectivity index (χ4v) is 2.07. The van der Waals surface area contributed by atoms with Gasteiger partial charge in [0, 0.05) is 31.7 Å². The summed E-state index contributed by atoms with van der Waals surface area (Å²) in [6, 6.07) is 1.72. The second-order valence-corrected chi connectivity index (χ2v) is 4.46. The third kappa shape index (κ3) is 3.43. The summed E-state index contributed by atoms with van der Waals surface area (Å²) in [5.41, 5.74) is 1.29. The summed E-state index contributed by atoms with van der Waals surface area (Å²) in [6.07, 6.45) is 4.54. The predicted molar refractivity (Wildman–Crippen MR) is 71.9 cm³/mol. The molecule has 1 unspecified atom stereocenters. The first-order valence-corrected chi connectivity index (χ1v) is 6.46. The van der Waals surface area contributed by atoms with Crippen LogP contribution >= 0.6 is 0 Å². The molecule has 1 aromatic heterocycles. The maximum Gasteiger partial charge on any atom is 0.253 e. The van der Waals surface area contributed by atoms with Crippen molar-refractivity contribution in [3.8, 4) is 0 Å². The molecule has 1 aliphatic heterocycles. The molecule has 6 nitrogen and oxygen atoms in total. The van der Waals surface area contributed by atoms with Gasteiger partial charge in [-0.25, -0.2) is 0 Å². The van der Waals surface area contributed by atoms with Crippen LogP contribution in [0.2, 0.25) is 0 Å². The highest BCUT2D eigenvalue weighted by atomic mass is 16.2. The Hall–Kier alpha value is -2.11. The van der Waals surface area contributed by atoms with Crippen LogP contribution in [0, 0.1) is 0 Å². The summed E-state index contributed by atoms with van der Waals surface area (Å²) in [4.78, 5) is 27.1. The highest BCUT2D eigenvalue weighted by Gasteiger charge is 2.21. The summed E-state index contributed by atoms with van der Waals surface area (Å²) < 4.78 is 0. The molecule has 2 heterocycles. The first kappa shape index (κ1) is 13.3. The van der Waals surface area contributed by atoms with E-state index in [0.29, 0.717) is 18.5 Å². The minimum Gasteiger partial charge on any atom is -0.383 e. The van der Waals surface area contributed by atoms with Crippen LogP contribution in [0.25, 0.3) is 0 Å². The van der Waals surface area contributed by atoms with Gasteiger partial charge in [-0.1, -0.05) is 0 Å². The van der Waals surface area contributed by atoms with E-state index in [9.17, 15) is 9.59 Å². The Morgan fingerprint density at radius 1 is 1.58 bits per heavy atom. The fourth-order valence-electron chi connectivity index (χ4n) is 2.07. The van der Waals surface area contributed by atoms with Gasteiger partial charge in [0.25, 0.3) is 5.91 Å². The van der Waals surface area contributed by atoms with E-state index in [0.717, 1.165) is 18.7 Å². The lowest BCUT2D eigenvalue weighted by Gasteiger charge is -2.13. The Morgan fingerprint density at radius 3 is 3.11 bits per heavy atom. The molecule has 102 valence electrons. The van der Waals surface area contributed by atoms with Crippen LogP contribution < -0.4 is 16.0 Å². The highest BCUT2D eigenvalue weighted by Crippen LogP contribution is 2.13. The Kier molecular flexibility index (Phi) is 4.33. The number of hydrogen-bond acceptors (Lipinski definition) is 4. The van der Waals surface area contributed by atoms with Gasteiger partial charge in [0.1, 0.15) is 0 Å². The lowest BCUT2D eigenvalue weighted by molar-refractivity contribution is -0.119. The van der Waals surface area contributed by atoms with Gasteiger partial charge >= 0.3 is 0 Å². The molecular formula is C13H18N4O2. The zero-order valence-electron chi connectivity index (χ0n) is 10.9. The molecule has 0 aromatic carbocycles. The molecule has 3 N–H and O–H groups in total. The maximum atomic E-state index is 12.1. The molecular weight excluding hydrogens is 244 g/mol. The van der Waals surface area contributed by atoms with Crippen LogP contribution in [0.4, 0.5) is 5.69 Å². The van der Waals surface area contributed by atoms with Gasteiger partial charge in [0.05, 0.1) is 17.4 Å². The minimum absolute atomic E-state index is 0.0425. The van der Waals surface area contributed by atoms with Gasteiger partial charge < -0.3 is 16.0 Å². The van der Waals surface area contributed by atoms with Crippen molar-refractivity contribution in [1.29, 1.82) is 0 Å². The highest BCUT2D eigenvalue weighted by molar-refractivity contribution is 5.99. The third-order valence-electron chi connectivity index (χ3n) is 3.03. The smallest absolute Gasteiger partial charge is 0.253 e. The largest absolute Gasteiger partial charge is 0.383 e. The van der Waals surface area contributed by atoms with Gasteiger partial charge in [0.2, 0.25) is 5.91 Å². The molecule has 1 fully saturated rings. The van der Waals surface area contributed by atoms with E-state index in [4.69, 9.17) is 0 Å². The van der Waals surface area contributed by atoms with Crippen molar-refractivity contribution in [2.45, 2.75) is 25.8 Å². The number of pyridine rings is 1. The molecule has 2 rings (SSSR count). The van der Waals surface area contributed by atoms with Crippen LogP contribution in [0.1, 0.15) is 30.1 Å². The van der Waals surface area contributed by atoms with Crippen molar-refractivity contribution in [2.75, 3.05) is 18.4 Å². The van der Waals surface area contributed by atoms with Gasteiger partial charge in [-0.2, -0.15) is 0 Å². The molecule has 1 aliphatic rings. The number of anilines is 1. The van der Waals surface area contributed by atoms with E-state index in [2.05, 4.69) is 20.9 Å². The average Bonchev–Trinajstić information content (AvgIpc) is 2.83. The predicted octanol–water partition coefficient (Wildman–Crippen LogP) is 0.522. The van der Waals surface area contributed by atoms with Gasteiger partial charge in [0.15, 0.2) is 0 Å². The van der Waals surface area contributed by atoms with Crippen molar-refractivity contribution in [1.82, 2.24) is 15.6 Å². The fraction of sp³-hybridized carbons (Fsp3) is 0.462. The quantitative estimate of drug-likeness (QED) is 0.722. The summed E-state index contributed by atoms with van der Waals surface area (Å²) in [7, 11) is 0. The lowest BCUT2D eigenvalue weighted by atomic mass is 10.2. The first-order valence-electron chi connectivity index (χ1n) is 6.46. The Balaban J connectivity index is 1.94. The molecule has 0 radical (unpaired) electrons. The normalized spacial score (nSPS) is 17.9. The molecule has 0 saturated carbocycles. The molecule has 0 aliphatic carbocycles. The first-order chi connectivity index (χ1) is 9.20. The Labute approximate surface area is 112 Å². The minimum atomic E-state index is -0.153. The Morgan fingerprint density at radius 2 is 2.42 bits per heavy atom. The van der Waals surface area contributed by atoms with E-state index in [1.54, 1.807) is 18.5 Å². The number of carbonyl (C=O) groups is 2. The number of nitrogens with zero attached hydrogens (tertiary/aromatic N) is 1. The number of aromatic nitrogens is 1. The molecule has 19 heavy (non-hydrogen) atoms. The Bertz CT molecular complexity index is 475. The molecule has 0 bridgehead atoms. The van der Waals surface area contributed by atoms with Crippen LogP contribution in [0.3, 0.4) is 0 Å². The molecule has 1 aromatic rings. The summed E-state index contributed by atoms with van der Waals surface area (Å²) in [5.74, 6) is -0.101. The average molecular weight is 262 g/mol. The number of rotatable bonds is 5. The zero-order valence-corrected chi connectivity index (χ0v) is 10.9.